The van der Waals surface area contributed by atoms with E-state index in [2.05, 4.69) is 6.58 Å². The number of benzene rings is 1. The summed E-state index contributed by atoms with van der Waals surface area (Å²) in [7, 11) is 0. The van der Waals surface area contributed by atoms with E-state index < -0.39 is 6.04 Å². The maximum atomic E-state index is 11.5. The fourth-order valence-corrected chi connectivity index (χ4v) is 1.39. The van der Waals surface area contributed by atoms with Gasteiger partial charge in [-0.2, -0.15) is 0 Å². The first-order valence-corrected chi connectivity index (χ1v) is 4.61. The van der Waals surface area contributed by atoms with Gasteiger partial charge in [0.25, 0.3) is 0 Å². The lowest BCUT2D eigenvalue weighted by molar-refractivity contribution is -0.116. The van der Waals surface area contributed by atoms with Gasteiger partial charge in [0.05, 0.1) is 6.04 Å². The van der Waals surface area contributed by atoms with Gasteiger partial charge in [-0.15, -0.1) is 0 Å². The second-order valence-corrected chi connectivity index (χ2v) is 3.55. The number of nitrogens with two attached hydrogens (primary N) is 1. The molecule has 1 atom stereocenters. The van der Waals surface area contributed by atoms with Crippen LogP contribution in [0, 0.1) is 0 Å². The molecule has 2 N–H and O–H groups in total. The predicted molar refractivity (Wildman–Crippen MR) is 58.2 cm³/mol. The molecule has 0 saturated heterocycles. The maximum absolute atomic E-state index is 11.5. The van der Waals surface area contributed by atoms with Crippen LogP contribution in [-0.2, 0) is 4.79 Å². The first-order chi connectivity index (χ1) is 6.54. The second kappa shape index (κ2) is 4.40. The minimum atomic E-state index is -0.707. The molecular weight excluding hydrogens is 198 g/mol. The van der Waals surface area contributed by atoms with Crippen molar-refractivity contribution in [3.63, 3.8) is 0 Å². The number of hydrogen-bond acceptors (Lipinski definition) is 2. The topological polar surface area (TPSA) is 43.1 Å². The largest absolute Gasteiger partial charge is 0.317 e. The molecule has 2 nitrogen and oxygen atoms in total. The number of Topliss-reactive ketones (excluding diaryl/α,β-unsaturated/α-hetero) is 1. The Balaban J connectivity index is 3.01. The highest BCUT2D eigenvalue weighted by atomic mass is 35.5. The predicted octanol–water partition coefficient (Wildman–Crippen LogP) is 2.49. The van der Waals surface area contributed by atoms with Gasteiger partial charge >= 0.3 is 0 Å². The molecule has 14 heavy (non-hydrogen) atoms. The van der Waals surface area contributed by atoms with Gasteiger partial charge in [-0.05, 0) is 24.1 Å². The summed E-state index contributed by atoms with van der Waals surface area (Å²) < 4.78 is 0. The summed E-state index contributed by atoms with van der Waals surface area (Å²) >= 11 is 5.91. The summed E-state index contributed by atoms with van der Waals surface area (Å²) in [5.41, 5.74) is 6.83. The third kappa shape index (κ3) is 2.22. The first-order valence-electron chi connectivity index (χ1n) is 4.23. The van der Waals surface area contributed by atoms with E-state index in [0.29, 0.717) is 16.2 Å². The molecule has 1 aromatic rings. The Morgan fingerprint density at radius 3 is 2.57 bits per heavy atom. The monoisotopic (exact) mass is 209 g/mol. The lowest BCUT2D eigenvalue weighted by Crippen LogP contribution is -2.22. The van der Waals surface area contributed by atoms with E-state index in [4.69, 9.17) is 17.3 Å². The van der Waals surface area contributed by atoms with E-state index >= 15 is 0 Å². The molecule has 0 radical (unpaired) electrons. The van der Waals surface area contributed by atoms with Crippen molar-refractivity contribution >= 4 is 17.4 Å². The van der Waals surface area contributed by atoms with E-state index in [1.165, 1.54) is 0 Å². The van der Waals surface area contributed by atoms with E-state index in [9.17, 15) is 4.79 Å². The maximum Gasteiger partial charge on any atom is 0.179 e. The van der Waals surface area contributed by atoms with Crippen LogP contribution in [0.1, 0.15) is 18.5 Å². The SMILES string of the molecule is C=C(C)C(=O)C(N)c1ccccc1Cl. The average molecular weight is 210 g/mol. The van der Waals surface area contributed by atoms with E-state index in [0.717, 1.165) is 0 Å². The van der Waals surface area contributed by atoms with E-state index in [1.807, 2.05) is 0 Å². The molecule has 3 heteroatoms. The third-order valence-corrected chi connectivity index (χ3v) is 2.29. The summed E-state index contributed by atoms with van der Waals surface area (Å²) in [5.74, 6) is -0.182. The molecule has 0 heterocycles. The number of ketones is 1. The number of halogens is 1. The molecular formula is C11H12ClNO. The van der Waals surface area contributed by atoms with E-state index in [-0.39, 0.29) is 5.78 Å². The molecule has 0 fully saturated rings. The highest BCUT2D eigenvalue weighted by Gasteiger charge is 2.18. The molecule has 0 aliphatic rings. The molecule has 0 spiro atoms. The van der Waals surface area contributed by atoms with Crippen molar-refractivity contribution < 1.29 is 4.79 Å². The van der Waals surface area contributed by atoms with Crippen LogP contribution in [0.4, 0.5) is 0 Å². The Kier molecular flexibility index (Phi) is 3.44. The molecule has 1 rings (SSSR count). The number of carbonyl (C=O) groups excluding carboxylic acids is 1. The molecule has 0 amide bonds. The first kappa shape index (κ1) is 11.0. The molecule has 1 unspecified atom stereocenters. The number of rotatable bonds is 3. The van der Waals surface area contributed by atoms with Crippen molar-refractivity contribution in [2.24, 2.45) is 5.73 Å². The van der Waals surface area contributed by atoms with Crippen LogP contribution < -0.4 is 5.73 Å². The Morgan fingerprint density at radius 2 is 2.07 bits per heavy atom. The Bertz CT molecular complexity index is 373. The second-order valence-electron chi connectivity index (χ2n) is 3.14. The van der Waals surface area contributed by atoms with Crippen molar-refractivity contribution in [3.05, 3.63) is 47.0 Å². The summed E-state index contributed by atoms with van der Waals surface area (Å²) in [6.07, 6.45) is 0. The molecule has 0 bridgehead atoms. The van der Waals surface area contributed by atoms with Gasteiger partial charge in [0.2, 0.25) is 0 Å². The van der Waals surface area contributed by atoms with Crippen LogP contribution in [0.25, 0.3) is 0 Å². The van der Waals surface area contributed by atoms with Gasteiger partial charge in [0.15, 0.2) is 5.78 Å². The van der Waals surface area contributed by atoms with Crippen LogP contribution in [-0.4, -0.2) is 5.78 Å². The van der Waals surface area contributed by atoms with Gasteiger partial charge in [-0.25, -0.2) is 0 Å². The van der Waals surface area contributed by atoms with Gasteiger partial charge in [-0.1, -0.05) is 36.4 Å². The molecule has 0 aliphatic heterocycles. The van der Waals surface area contributed by atoms with Crippen molar-refractivity contribution in [2.45, 2.75) is 13.0 Å². The van der Waals surface area contributed by atoms with Crippen LogP contribution >= 0.6 is 11.6 Å². The smallest absolute Gasteiger partial charge is 0.179 e. The average Bonchev–Trinajstić information content (AvgIpc) is 2.16. The summed E-state index contributed by atoms with van der Waals surface area (Å²) in [6, 6.07) is 6.34. The highest BCUT2D eigenvalue weighted by molar-refractivity contribution is 6.31. The van der Waals surface area contributed by atoms with Crippen molar-refractivity contribution in [1.82, 2.24) is 0 Å². The van der Waals surface area contributed by atoms with Crippen molar-refractivity contribution in [3.8, 4) is 0 Å². The molecule has 0 aliphatic carbocycles. The molecule has 74 valence electrons. The Morgan fingerprint density at radius 1 is 1.50 bits per heavy atom. The zero-order valence-corrected chi connectivity index (χ0v) is 8.71. The fourth-order valence-electron chi connectivity index (χ4n) is 1.13. The Hall–Kier alpha value is -1.12. The number of hydrogen-bond donors (Lipinski definition) is 1. The Labute approximate surface area is 88.4 Å². The quantitative estimate of drug-likeness (QED) is 0.778. The van der Waals surface area contributed by atoms with Crippen LogP contribution in [0.5, 0.6) is 0 Å². The summed E-state index contributed by atoms with van der Waals surface area (Å²) in [5, 5.41) is 0.509. The minimum Gasteiger partial charge on any atom is -0.317 e. The van der Waals surface area contributed by atoms with Gasteiger partial charge in [0.1, 0.15) is 0 Å². The van der Waals surface area contributed by atoms with E-state index in [1.54, 1.807) is 31.2 Å². The zero-order chi connectivity index (χ0) is 10.7. The third-order valence-electron chi connectivity index (χ3n) is 1.94. The summed E-state index contributed by atoms with van der Waals surface area (Å²) in [4.78, 5) is 11.5. The van der Waals surface area contributed by atoms with Crippen LogP contribution in [0.15, 0.2) is 36.4 Å². The van der Waals surface area contributed by atoms with Gasteiger partial charge in [-0.3, -0.25) is 4.79 Å². The highest BCUT2D eigenvalue weighted by Crippen LogP contribution is 2.22. The standard InChI is InChI=1S/C11H12ClNO/c1-7(2)11(14)10(13)8-5-3-4-6-9(8)12/h3-6,10H,1,13H2,2H3. The lowest BCUT2D eigenvalue weighted by Gasteiger charge is -2.11. The van der Waals surface area contributed by atoms with Gasteiger partial charge < -0.3 is 5.73 Å². The number of carbonyl (C=O) groups is 1. The van der Waals surface area contributed by atoms with Crippen LogP contribution in [0.3, 0.4) is 0 Å². The fraction of sp³-hybridized carbons (Fsp3) is 0.182. The lowest BCUT2D eigenvalue weighted by atomic mass is 10.00. The van der Waals surface area contributed by atoms with Gasteiger partial charge in [0, 0.05) is 5.02 Å². The normalized spacial score (nSPS) is 12.2. The van der Waals surface area contributed by atoms with Crippen molar-refractivity contribution in [1.29, 1.82) is 0 Å². The summed E-state index contributed by atoms with van der Waals surface area (Å²) in [6.45, 7) is 5.20. The zero-order valence-electron chi connectivity index (χ0n) is 7.96. The van der Waals surface area contributed by atoms with Crippen molar-refractivity contribution in [2.75, 3.05) is 0 Å². The van der Waals surface area contributed by atoms with Crippen LogP contribution in [0.2, 0.25) is 5.02 Å². The molecule has 0 saturated carbocycles. The minimum absolute atomic E-state index is 0.182. The molecule has 1 aromatic carbocycles. The molecule has 0 aromatic heterocycles.